The second kappa shape index (κ2) is 9.29. The Morgan fingerprint density at radius 3 is 2.48 bits per heavy atom. The lowest BCUT2D eigenvalue weighted by molar-refractivity contribution is 0.267. The van der Waals surface area contributed by atoms with Crippen LogP contribution in [-0.2, 0) is 9.09 Å². The zero-order valence-electron chi connectivity index (χ0n) is 14.4. The average Bonchev–Trinajstić information content (AvgIpc) is 3.16. The Morgan fingerprint density at radius 2 is 1.96 bits per heavy atom. The third-order valence-electron chi connectivity index (χ3n) is 3.65. The first kappa shape index (κ1) is 21.3. The number of phosphoric acid groups is 1. The van der Waals surface area contributed by atoms with Crippen molar-refractivity contribution >= 4 is 36.2 Å². The molecule has 2 N–H and O–H groups in total. The Morgan fingerprint density at radius 1 is 1.30 bits per heavy atom. The van der Waals surface area contributed by atoms with E-state index >= 15 is 0 Å². The molecule has 1 aliphatic carbocycles. The second-order valence-electron chi connectivity index (χ2n) is 5.30. The number of hydrogen-bond donors (Lipinski definition) is 2. The van der Waals surface area contributed by atoms with E-state index in [0.29, 0.717) is 9.33 Å². The minimum Gasteiger partial charge on any atom is -0.493 e. The topological polar surface area (TPSA) is 134 Å². The Hall–Kier alpha value is -1.97. The number of allylic oxidation sites excluding steroid dienone is 2. The van der Waals surface area contributed by atoms with Gasteiger partial charge in [0.15, 0.2) is 17.3 Å². The van der Waals surface area contributed by atoms with Gasteiger partial charge in [-0.3, -0.25) is 9.79 Å². The molecule has 1 aromatic rings. The summed E-state index contributed by atoms with van der Waals surface area (Å²) in [5.74, 6) is 0.160. The van der Waals surface area contributed by atoms with Gasteiger partial charge in [-0.05, 0) is 40.3 Å². The highest BCUT2D eigenvalue weighted by Crippen LogP contribution is 2.48. The monoisotopic (exact) mass is 505 g/mol. The van der Waals surface area contributed by atoms with E-state index in [4.69, 9.17) is 19.5 Å². The Balaban J connectivity index is 2.72. The van der Waals surface area contributed by atoms with Crippen LogP contribution in [0.1, 0.15) is 5.56 Å². The van der Waals surface area contributed by atoms with Crippen molar-refractivity contribution in [2.24, 2.45) is 11.0 Å². The minimum absolute atomic E-state index is 0.147. The molecule has 0 bridgehead atoms. The molecule has 0 radical (unpaired) electrons. The first-order chi connectivity index (χ1) is 12.8. The van der Waals surface area contributed by atoms with Gasteiger partial charge in [0, 0.05) is 14.4 Å². The molecule has 1 atom stereocenters. The highest BCUT2D eigenvalue weighted by atomic mass is 127. The maximum absolute atomic E-state index is 11.6. The summed E-state index contributed by atoms with van der Waals surface area (Å²) < 4.78 is 27.5. The zero-order valence-corrected chi connectivity index (χ0v) is 17.4. The van der Waals surface area contributed by atoms with E-state index in [1.165, 1.54) is 14.2 Å². The minimum atomic E-state index is -4.92. The third kappa shape index (κ3) is 5.27. The van der Waals surface area contributed by atoms with Gasteiger partial charge in [-0.2, -0.15) is 0 Å². The Labute approximate surface area is 169 Å². The van der Waals surface area contributed by atoms with Gasteiger partial charge in [-0.25, -0.2) is 4.57 Å². The highest BCUT2D eigenvalue weighted by molar-refractivity contribution is 14.1. The predicted octanol–water partition coefficient (Wildman–Crippen LogP) is 4.34. The summed E-state index contributed by atoms with van der Waals surface area (Å²) in [6.07, 6.45) is 7.22. The lowest BCUT2D eigenvalue weighted by Gasteiger charge is -2.22. The SMILES string of the molecule is COc1cccc(C(OP(=O)(O)O)=C(I)C(N=[N+]=[N-])C2C=CC=C2)c1OC. The fourth-order valence-corrected chi connectivity index (χ4v) is 4.10. The van der Waals surface area contributed by atoms with Crippen molar-refractivity contribution in [2.45, 2.75) is 6.04 Å². The van der Waals surface area contributed by atoms with Gasteiger partial charge in [0.1, 0.15) is 0 Å². The second-order valence-corrected chi connectivity index (χ2v) is 7.62. The summed E-state index contributed by atoms with van der Waals surface area (Å²) in [6.45, 7) is 0. The fraction of sp³-hybridized carbons (Fsp3) is 0.250. The average molecular weight is 505 g/mol. The van der Waals surface area contributed by atoms with Crippen LogP contribution in [0.3, 0.4) is 0 Å². The Bertz CT molecular complexity index is 876. The molecular formula is C16H17IN3O6P. The van der Waals surface area contributed by atoms with Crippen LogP contribution in [0.25, 0.3) is 16.2 Å². The van der Waals surface area contributed by atoms with E-state index in [9.17, 15) is 14.4 Å². The van der Waals surface area contributed by atoms with Gasteiger partial charge < -0.3 is 14.0 Å². The Kier molecular flexibility index (Phi) is 7.34. The number of hydrogen-bond acceptors (Lipinski definition) is 5. The van der Waals surface area contributed by atoms with Crippen LogP contribution >= 0.6 is 30.4 Å². The van der Waals surface area contributed by atoms with Gasteiger partial charge in [0.2, 0.25) is 0 Å². The van der Waals surface area contributed by atoms with Crippen molar-refractivity contribution in [1.29, 1.82) is 0 Å². The standard InChI is InChI=1S/C16H17IN3O6P/c1-24-12-9-5-8-11(15(12)25-2)16(26-27(21,22)23)13(17)14(19-20-18)10-6-3-4-7-10/h3-10,14H,1-2H3,(H2,21,22,23). The van der Waals surface area contributed by atoms with E-state index in [2.05, 4.69) is 10.0 Å². The molecule has 1 aliphatic rings. The number of nitrogens with zero attached hydrogens (tertiary/aromatic N) is 3. The molecule has 0 amide bonds. The van der Waals surface area contributed by atoms with Gasteiger partial charge in [-0.1, -0.05) is 35.5 Å². The summed E-state index contributed by atoms with van der Waals surface area (Å²) in [7, 11) is -2.07. The number of benzene rings is 1. The zero-order chi connectivity index (χ0) is 20.0. The summed E-state index contributed by atoms with van der Waals surface area (Å²) in [4.78, 5) is 21.7. The van der Waals surface area contributed by atoms with Crippen molar-refractivity contribution < 1.29 is 28.3 Å². The van der Waals surface area contributed by atoms with Crippen molar-refractivity contribution in [1.82, 2.24) is 0 Å². The molecule has 9 nitrogen and oxygen atoms in total. The van der Waals surface area contributed by atoms with Crippen LogP contribution in [0.4, 0.5) is 0 Å². The molecule has 11 heteroatoms. The maximum atomic E-state index is 11.6. The normalized spacial score (nSPS) is 15.7. The van der Waals surface area contributed by atoms with Crippen molar-refractivity contribution in [3.8, 4) is 11.5 Å². The molecule has 0 aromatic heterocycles. The van der Waals surface area contributed by atoms with Crippen LogP contribution in [-0.4, -0.2) is 30.0 Å². The number of phosphoric ester groups is 1. The van der Waals surface area contributed by atoms with E-state index in [0.717, 1.165) is 0 Å². The molecule has 0 saturated carbocycles. The third-order valence-corrected chi connectivity index (χ3v) is 5.20. The first-order valence-corrected chi connectivity index (χ1v) is 10.2. The van der Waals surface area contributed by atoms with Gasteiger partial charge in [-0.15, -0.1) is 0 Å². The molecule has 0 saturated heterocycles. The van der Waals surface area contributed by atoms with Crippen LogP contribution in [0, 0.1) is 5.92 Å². The molecule has 0 aliphatic heterocycles. The first-order valence-electron chi connectivity index (χ1n) is 7.57. The molecule has 0 fully saturated rings. The summed E-state index contributed by atoms with van der Waals surface area (Å²) >= 11 is 1.86. The summed E-state index contributed by atoms with van der Waals surface area (Å²) in [5.41, 5.74) is 9.22. The smallest absolute Gasteiger partial charge is 0.493 e. The van der Waals surface area contributed by atoms with E-state index in [-0.39, 0.29) is 23.0 Å². The van der Waals surface area contributed by atoms with Gasteiger partial charge in [0.05, 0.1) is 25.8 Å². The lowest BCUT2D eigenvalue weighted by Crippen LogP contribution is -2.15. The molecule has 1 unspecified atom stereocenters. The molecule has 1 aromatic carbocycles. The van der Waals surface area contributed by atoms with E-state index in [1.54, 1.807) is 30.4 Å². The van der Waals surface area contributed by atoms with Crippen molar-refractivity contribution in [3.63, 3.8) is 0 Å². The van der Waals surface area contributed by atoms with E-state index in [1.807, 2.05) is 34.7 Å². The summed E-state index contributed by atoms with van der Waals surface area (Å²) in [5, 5.41) is 3.79. The maximum Gasteiger partial charge on any atom is 0.524 e. The van der Waals surface area contributed by atoms with Crippen molar-refractivity contribution in [3.05, 3.63) is 62.1 Å². The quantitative estimate of drug-likeness (QED) is 0.135. The number of azide groups is 1. The van der Waals surface area contributed by atoms with Crippen molar-refractivity contribution in [2.75, 3.05) is 14.2 Å². The van der Waals surface area contributed by atoms with Gasteiger partial charge in [0.25, 0.3) is 0 Å². The lowest BCUT2D eigenvalue weighted by atomic mass is 10.00. The van der Waals surface area contributed by atoms with Crippen LogP contribution in [0.15, 0.2) is 51.2 Å². The van der Waals surface area contributed by atoms with Gasteiger partial charge >= 0.3 is 7.82 Å². The molecule has 0 spiro atoms. The predicted molar refractivity (Wildman–Crippen MR) is 108 cm³/mol. The number of para-hydroxylation sites is 1. The number of methoxy groups -OCH3 is 2. The molecule has 2 rings (SSSR count). The molecule has 27 heavy (non-hydrogen) atoms. The summed E-state index contributed by atoms with van der Waals surface area (Å²) in [6, 6.07) is 4.07. The molecule has 0 heterocycles. The van der Waals surface area contributed by atoms with Crippen LogP contribution in [0.2, 0.25) is 0 Å². The van der Waals surface area contributed by atoms with Crippen LogP contribution < -0.4 is 9.47 Å². The number of ether oxygens (including phenoxy) is 2. The highest BCUT2D eigenvalue weighted by Gasteiger charge is 2.30. The molecule has 144 valence electrons. The van der Waals surface area contributed by atoms with Crippen LogP contribution in [0.5, 0.6) is 11.5 Å². The van der Waals surface area contributed by atoms with E-state index < -0.39 is 13.9 Å². The number of rotatable bonds is 8. The largest absolute Gasteiger partial charge is 0.524 e. The molecular weight excluding hydrogens is 488 g/mol. The number of halogens is 1. The fourth-order valence-electron chi connectivity index (χ4n) is 2.55.